The minimum absolute atomic E-state index is 0.187. The van der Waals surface area contributed by atoms with Gasteiger partial charge in [0.1, 0.15) is 12.2 Å². The third-order valence-electron chi connectivity index (χ3n) is 4.64. The summed E-state index contributed by atoms with van der Waals surface area (Å²) in [6.07, 6.45) is 1.33. The van der Waals surface area contributed by atoms with E-state index in [1.54, 1.807) is 0 Å². The van der Waals surface area contributed by atoms with Crippen molar-refractivity contribution < 1.29 is 23.7 Å². The number of benzene rings is 2. The molecule has 0 bridgehead atoms. The third-order valence-corrected chi connectivity index (χ3v) is 4.64. The topological polar surface area (TPSA) is 54.0 Å². The quantitative estimate of drug-likeness (QED) is 0.400. The van der Waals surface area contributed by atoms with Crippen LogP contribution in [0.4, 0.5) is 0 Å². The Bertz CT molecular complexity index is 746. The molecule has 2 aromatic carbocycles. The normalized spacial score (nSPS) is 21.4. The molecule has 2 aromatic rings. The summed E-state index contributed by atoms with van der Waals surface area (Å²) in [5.41, 5.74) is 2.07. The number of rotatable bonds is 12. The van der Waals surface area contributed by atoms with Crippen LogP contribution in [-0.2, 0) is 37.0 Å². The molecule has 29 heavy (non-hydrogen) atoms. The standard InChI is InChI=1S/C24H28O5/c1-2-3-10-15-27-24-22(25)23(28-17-20-13-8-5-9-14-20)21(29-24)18-26-16-19-11-6-4-7-12-19/h2,4-9,11-14,21,23-24H,1,3,10,15-18H2/t21-,23-,24-/m1/s1. The smallest absolute Gasteiger partial charge is 0.221 e. The number of carbonyl (C=O) groups excluding carboxylic acids is 1. The maximum Gasteiger partial charge on any atom is 0.221 e. The van der Waals surface area contributed by atoms with Crippen LogP contribution in [0, 0.1) is 0 Å². The maximum atomic E-state index is 12.8. The lowest BCUT2D eigenvalue weighted by Gasteiger charge is -2.18. The molecule has 1 aliphatic rings. The Morgan fingerprint density at radius 1 is 0.931 bits per heavy atom. The van der Waals surface area contributed by atoms with Crippen LogP contribution in [0.15, 0.2) is 73.3 Å². The minimum atomic E-state index is -0.911. The van der Waals surface area contributed by atoms with Gasteiger partial charge in [0.15, 0.2) is 0 Å². The van der Waals surface area contributed by atoms with Gasteiger partial charge in [-0.3, -0.25) is 4.79 Å². The molecule has 154 valence electrons. The van der Waals surface area contributed by atoms with Crippen molar-refractivity contribution in [2.75, 3.05) is 13.2 Å². The van der Waals surface area contributed by atoms with E-state index in [2.05, 4.69) is 6.58 Å². The van der Waals surface area contributed by atoms with Gasteiger partial charge in [-0.2, -0.15) is 0 Å². The molecule has 1 heterocycles. The van der Waals surface area contributed by atoms with E-state index in [1.165, 1.54) is 0 Å². The Kier molecular flexibility index (Phi) is 8.58. The molecule has 0 radical (unpaired) electrons. The Balaban J connectivity index is 1.56. The van der Waals surface area contributed by atoms with E-state index in [0.717, 1.165) is 24.0 Å². The highest BCUT2D eigenvalue weighted by atomic mass is 16.7. The number of allylic oxidation sites excluding steroid dienone is 1. The van der Waals surface area contributed by atoms with Crippen LogP contribution in [-0.4, -0.2) is 37.5 Å². The van der Waals surface area contributed by atoms with E-state index < -0.39 is 18.5 Å². The lowest BCUT2D eigenvalue weighted by molar-refractivity contribution is -0.163. The van der Waals surface area contributed by atoms with Gasteiger partial charge >= 0.3 is 0 Å². The third kappa shape index (κ3) is 6.61. The van der Waals surface area contributed by atoms with Crippen molar-refractivity contribution in [2.45, 2.75) is 44.6 Å². The van der Waals surface area contributed by atoms with Crippen molar-refractivity contribution in [2.24, 2.45) is 0 Å². The first-order chi connectivity index (χ1) is 14.3. The fourth-order valence-corrected chi connectivity index (χ4v) is 3.10. The predicted octanol–water partition coefficient (Wildman–Crippen LogP) is 4.07. The molecule has 1 saturated heterocycles. The molecule has 3 atom stereocenters. The Hall–Kier alpha value is -2.31. The molecular formula is C24H28O5. The summed E-state index contributed by atoms with van der Waals surface area (Å²) in [5.74, 6) is -0.187. The fourth-order valence-electron chi connectivity index (χ4n) is 3.10. The van der Waals surface area contributed by atoms with Gasteiger partial charge in [0.25, 0.3) is 0 Å². The van der Waals surface area contributed by atoms with Gasteiger partial charge in [0.05, 0.1) is 26.4 Å². The molecule has 3 rings (SSSR count). The number of unbranched alkanes of at least 4 members (excludes halogenated alkanes) is 1. The monoisotopic (exact) mass is 396 g/mol. The van der Waals surface area contributed by atoms with E-state index in [9.17, 15) is 4.79 Å². The first-order valence-corrected chi connectivity index (χ1v) is 9.97. The summed E-state index contributed by atoms with van der Waals surface area (Å²) < 4.78 is 23.2. The van der Waals surface area contributed by atoms with Gasteiger partial charge in [-0.15, -0.1) is 6.58 Å². The van der Waals surface area contributed by atoms with Gasteiger partial charge in [-0.1, -0.05) is 66.7 Å². The summed E-state index contributed by atoms with van der Waals surface area (Å²) in [6, 6.07) is 19.6. The summed E-state index contributed by atoms with van der Waals surface area (Å²) >= 11 is 0. The van der Waals surface area contributed by atoms with Crippen LogP contribution in [0.2, 0.25) is 0 Å². The van der Waals surface area contributed by atoms with Crippen molar-refractivity contribution in [3.63, 3.8) is 0 Å². The number of ketones is 1. The van der Waals surface area contributed by atoms with Crippen LogP contribution in [0.3, 0.4) is 0 Å². The van der Waals surface area contributed by atoms with Crippen LogP contribution < -0.4 is 0 Å². The molecule has 5 nitrogen and oxygen atoms in total. The van der Waals surface area contributed by atoms with Crippen molar-refractivity contribution in [3.8, 4) is 0 Å². The molecular weight excluding hydrogens is 368 g/mol. The van der Waals surface area contributed by atoms with Crippen molar-refractivity contribution >= 4 is 5.78 Å². The second kappa shape index (κ2) is 11.6. The molecule has 0 amide bonds. The molecule has 5 heteroatoms. The van der Waals surface area contributed by atoms with Gasteiger partial charge in [0, 0.05) is 0 Å². The number of carbonyl (C=O) groups is 1. The predicted molar refractivity (Wildman–Crippen MR) is 110 cm³/mol. The number of ether oxygens (including phenoxy) is 4. The van der Waals surface area contributed by atoms with Gasteiger partial charge in [-0.05, 0) is 24.0 Å². The maximum absolute atomic E-state index is 12.8. The second-order valence-electron chi connectivity index (χ2n) is 6.93. The van der Waals surface area contributed by atoms with Crippen molar-refractivity contribution in [1.82, 2.24) is 0 Å². The SMILES string of the molecule is C=CCCCO[C@@H]1O[C@H](COCc2ccccc2)[C@@H](OCc2ccccc2)C1=O. The van der Waals surface area contributed by atoms with E-state index in [1.807, 2.05) is 66.7 Å². The summed E-state index contributed by atoms with van der Waals surface area (Å²) in [5, 5.41) is 0. The molecule has 0 N–H and O–H groups in total. The highest BCUT2D eigenvalue weighted by Gasteiger charge is 2.45. The number of hydrogen-bond acceptors (Lipinski definition) is 5. The van der Waals surface area contributed by atoms with Crippen LogP contribution in [0.25, 0.3) is 0 Å². The van der Waals surface area contributed by atoms with Crippen molar-refractivity contribution in [3.05, 3.63) is 84.4 Å². The summed E-state index contributed by atoms with van der Waals surface area (Å²) in [7, 11) is 0. The highest BCUT2D eigenvalue weighted by molar-refractivity contribution is 5.88. The molecule has 0 spiro atoms. The fraction of sp³-hybridized carbons (Fsp3) is 0.375. The summed E-state index contributed by atoms with van der Waals surface area (Å²) in [6.45, 7) is 5.17. The number of Topliss-reactive ketones (excluding diaryl/α,β-unsaturated/α-hetero) is 1. The second-order valence-corrected chi connectivity index (χ2v) is 6.93. The van der Waals surface area contributed by atoms with E-state index >= 15 is 0 Å². The first kappa shape index (κ1) is 21.4. The summed E-state index contributed by atoms with van der Waals surface area (Å²) in [4.78, 5) is 12.8. The Morgan fingerprint density at radius 3 is 2.24 bits per heavy atom. The lowest BCUT2D eigenvalue weighted by Crippen LogP contribution is -2.34. The van der Waals surface area contributed by atoms with Crippen molar-refractivity contribution in [1.29, 1.82) is 0 Å². The molecule has 1 fully saturated rings. The average Bonchev–Trinajstić information content (AvgIpc) is 3.06. The molecule has 1 aliphatic heterocycles. The first-order valence-electron chi connectivity index (χ1n) is 9.97. The molecule has 0 aromatic heterocycles. The van der Waals surface area contributed by atoms with Gasteiger partial charge < -0.3 is 18.9 Å². The van der Waals surface area contributed by atoms with E-state index in [-0.39, 0.29) is 12.4 Å². The van der Waals surface area contributed by atoms with Gasteiger partial charge in [-0.25, -0.2) is 0 Å². The largest absolute Gasteiger partial charge is 0.374 e. The van der Waals surface area contributed by atoms with Gasteiger partial charge in [0.2, 0.25) is 12.1 Å². The zero-order valence-electron chi connectivity index (χ0n) is 16.6. The zero-order valence-corrected chi connectivity index (χ0v) is 16.6. The average molecular weight is 396 g/mol. The minimum Gasteiger partial charge on any atom is -0.374 e. The highest BCUT2D eigenvalue weighted by Crippen LogP contribution is 2.23. The molecule has 0 saturated carbocycles. The zero-order chi connectivity index (χ0) is 20.3. The Morgan fingerprint density at radius 2 is 1.59 bits per heavy atom. The molecule has 0 aliphatic carbocycles. The van der Waals surface area contributed by atoms with Crippen LogP contribution >= 0.6 is 0 Å². The number of hydrogen-bond donors (Lipinski definition) is 0. The lowest BCUT2D eigenvalue weighted by atomic mass is 10.1. The van der Waals surface area contributed by atoms with E-state index in [4.69, 9.17) is 18.9 Å². The molecule has 0 unspecified atom stereocenters. The van der Waals surface area contributed by atoms with Crippen LogP contribution in [0.5, 0.6) is 0 Å². The Labute approximate surface area is 172 Å². The van der Waals surface area contributed by atoms with E-state index in [0.29, 0.717) is 19.8 Å². The van der Waals surface area contributed by atoms with Crippen LogP contribution in [0.1, 0.15) is 24.0 Å².